The molecule has 2 aromatic carbocycles. The van der Waals surface area contributed by atoms with E-state index in [4.69, 9.17) is 15.9 Å². The molecule has 0 bridgehead atoms. The Morgan fingerprint density at radius 3 is 2.50 bits per heavy atom. The van der Waals surface area contributed by atoms with Crippen LogP contribution in [0.5, 0.6) is 0 Å². The predicted octanol–water partition coefficient (Wildman–Crippen LogP) is 4.66. The van der Waals surface area contributed by atoms with E-state index in [2.05, 4.69) is 30.4 Å². The van der Waals surface area contributed by atoms with E-state index >= 15 is 0 Å². The molecular formula is C28H34F2N2O2. The lowest BCUT2D eigenvalue weighted by Crippen LogP contribution is -2.47. The van der Waals surface area contributed by atoms with Crippen LogP contribution in [0.25, 0.3) is 0 Å². The minimum Gasteiger partial charge on any atom is -0.372 e. The number of nitrogens with one attached hydrogen (secondary N) is 2. The topological polar surface area (TPSA) is 42.5 Å². The molecule has 0 spiro atoms. The van der Waals surface area contributed by atoms with E-state index in [-0.39, 0.29) is 41.7 Å². The monoisotopic (exact) mass is 468 g/mol. The molecule has 0 radical (unpaired) electrons. The van der Waals surface area contributed by atoms with Gasteiger partial charge in [0.1, 0.15) is 11.6 Å². The lowest BCUT2D eigenvalue weighted by atomic mass is 9.90. The summed E-state index contributed by atoms with van der Waals surface area (Å²) < 4.78 is 42.5. The Bertz CT molecular complexity index is 1040. The highest BCUT2D eigenvalue weighted by atomic mass is 19.1. The fourth-order valence-corrected chi connectivity index (χ4v) is 5.33. The molecule has 0 saturated carbocycles. The van der Waals surface area contributed by atoms with Gasteiger partial charge in [0.05, 0.1) is 18.3 Å². The summed E-state index contributed by atoms with van der Waals surface area (Å²) in [6, 6.07) is 10.2. The molecule has 0 aliphatic carbocycles. The molecule has 2 aliphatic heterocycles. The van der Waals surface area contributed by atoms with Crippen LogP contribution in [-0.2, 0) is 15.9 Å². The molecule has 2 aromatic rings. The first-order chi connectivity index (χ1) is 16.4. The molecule has 2 heterocycles. The number of halogens is 2. The highest BCUT2D eigenvalue weighted by Gasteiger charge is 2.36. The molecule has 2 unspecified atom stereocenters. The summed E-state index contributed by atoms with van der Waals surface area (Å²) in [6.07, 6.45) is 6.00. The minimum atomic E-state index is -0.467. The van der Waals surface area contributed by atoms with E-state index in [1.54, 1.807) is 12.1 Å². The molecule has 5 atom stereocenters. The second kappa shape index (κ2) is 11.0. The van der Waals surface area contributed by atoms with Crippen molar-refractivity contribution in [3.63, 3.8) is 0 Å². The molecule has 2 aliphatic rings. The van der Waals surface area contributed by atoms with Crippen LogP contribution in [0.15, 0.2) is 36.4 Å². The van der Waals surface area contributed by atoms with Gasteiger partial charge in [-0.15, -0.1) is 6.42 Å². The standard InChI is InChI=1S/C28H34F2N2O2/c1-5-18-12-13-33-24(27-20(18)9-7-11-22(27)30)16-32-23-14-19-8-6-10-21(29)26(19)25(15-31-4)34-28(23)17(2)3/h1,6-11,17-18,23-25,28,31-32H,12-16H2,2-4H3/t18-,23?,24?,25+,28-/m1/s1. The number of hydrogen-bond donors (Lipinski definition) is 2. The van der Waals surface area contributed by atoms with Crippen molar-refractivity contribution in [2.24, 2.45) is 5.92 Å². The second-order valence-electron chi connectivity index (χ2n) is 9.53. The fourth-order valence-electron chi connectivity index (χ4n) is 5.33. The smallest absolute Gasteiger partial charge is 0.129 e. The summed E-state index contributed by atoms with van der Waals surface area (Å²) in [7, 11) is 1.84. The number of hydrogen-bond acceptors (Lipinski definition) is 4. The van der Waals surface area contributed by atoms with Crippen LogP contribution in [0, 0.1) is 29.9 Å². The zero-order valence-electron chi connectivity index (χ0n) is 20.1. The fraction of sp³-hybridized carbons (Fsp3) is 0.500. The number of benzene rings is 2. The Balaban J connectivity index is 1.62. The maximum Gasteiger partial charge on any atom is 0.129 e. The van der Waals surface area contributed by atoms with Crippen molar-refractivity contribution in [1.82, 2.24) is 10.6 Å². The lowest BCUT2D eigenvalue weighted by Gasteiger charge is -2.32. The Hall–Kier alpha value is -2.30. The number of ether oxygens (including phenoxy) is 2. The van der Waals surface area contributed by atoms with E-state index in [1.807, 2.05) is 19.2 Å². The Labute approximate surface area is 201 Å². The van der Waals surface area contributed by atoms with Gasteiger partial charge in [0.25, 0.3) is 0 Å². The zero-order chi connectivity index (χ0) is 24.2. The van der Waals surface area contributed by atoms with E-state index in [0.29, 0.717) is 43.7 Å². The first-order valence-corrected chi connectivity index (χ1v) is 12.1. The van der Waals surface area contributed by atoms with E-state index in [1.165, 1.54) is 12.1 Å². The average Bonchev–Trinajstić information content (AvgIpc) is 3.09. The normalized spacial score (nSPS) is 26.8. The number of rotatable bonds is 6. The van der Waals surface area contributed by atoms with Crippen molar-refractivity contribution >= 4 is 0 Å². The highest BCUT2D eigenvalue weighted by Crippen LogP contribution is 2.36. The average molecular weight is 469 g/mol. The third kappa shape index (κ3) is 5.04. The summed E-state index contributed by atoms with van der Waals surface area (Å²) in [4.78, 5) is 0. The van der Waals surface area contributed by atoms with Crippen LogP contribution in [0.4, 0.5) is 8.78 Å². The van der Waals surface area contributed by atoms with Crippen molar-refractivity contribution in [3.05, 3.63) is 70.3 Å². The maximum atomic E-state index is 15.0. The van der Waals surface area contributed by atoms with Crippen LogP contribution in [0.1, 0.15) is 60.6 Å². The van der Waals surface area contributed by atoms with Gasteiger partial charge in [-0.1, -0.05) is 44.0 Å². The van der Waals surface area contributed by atoms with Crippen molar-refractivity contribution < 1.29 is 18.3 Å². The van der Waals surface area contributed by atoms with Gasteiger partial charge >= 0.3 is 0 Å². The third-order valence-corrected chi connectivity index (χ3v) is 6.95. The van der Waals surface area contributed by atoms with Crippen molar-refractivity contribution in [2.75, 3.05) is 26.7 Å². The van der Waals surface area contributed by atoms with Crippen LogP contribution < -0.4 is 10.6 Å². The lowest BCUT2D eigenvalue weighted by molar-refractivity contribution is -0.0533. The van der Waals surface area contributed by atoms with Gasteiger partial charge < -0.3 is 20.1 Å². The molecular weight excluding hydrogens is 434 g/mol. The summed E-state index contributed by atoms with van der Waals surface area (Å²) >= 11 is 0. The van der Waals surface area contributed by atoms with Gasteiger partial charge in [0.2, 0.25) is 0 Å². The molecule has 6 heteroatoms. The molecule has 0 saturated heterocycles. The Kier molecular flexibility index (Phi) is 8.00. The Morgan fingerprint density at radius 1 is 1.06 bits per heavy atom. The van der Waals surface area contributed by atoms with E-state index in [0.717, 1.165) is 11.1 Å². The zero-order valence-corrected chi connectivity index (χ0v) is 20.1. The molecule has 34 heavy (non-hydrogen) atoms. The van der Waals surface area contributed by atoms with Gasteiger partial charge in [0.15, 0.2) is 0 Å². The molecule has 182 valence electrons. The largest absolute Gasteiger partial charge is 0.372 e. The SMILES string of the molecule is C#C[C@@H]1CCOC(CNC2Cc3cccc(F)c3[C@H](CNC)O[C@@H]2C(C)C)c2c(F)cccc21. The van der Waals surface area contributed by atoms with E-state index < -0.39 is 6.10 Å². The molecule has 4 nitrogen and oxygen atoms in total. The first kappa shape index (κ1) is 24.8. The summed E-state index contributed by atoms with van der Waals surface area (Å²) in [5, 5.41) is 6.74. The number of terminal acetylenes is 1. The van der Waals surface area contributed by atoms with Gasteiger partial charge in [-0.3, -0.25) is 0 Å². The van der Waals surface area contributed by atoms with Gasteiger partial charge in [-0.05, 0) is 49.1 Å². The molecule has 2 N–H and O–H groups in total. The van der Waals surface area contributed by atoms with Crippen molar-refractivity contribution in [3.8, 4) is 12.3 Å². The molecule has 0 fully saturated rings. The highest BCUT2D eigenvalue weighted by molar-refractivity contribution is 5.38. The summed E-state index contributed by atoms with van der Waals surface area (Å²) in [5.74, 6) is 2.27. The third-order valence-electron chi connectivity index (χ3n) is 6.95. The molecule has 0 aromatic heterocycles. The van der Waals surface area contributed by atoms with Crippen LogP contribution in [-0.4, -0.2) is 38.9 Å². The first-order valence-electron chi connectivity index (χ1n) is 12.1. The van der Waals surface area contributed by atoms with Crippen LogP contribution in [0.3, 0.4) is 0 Å². The summed E-state index contributed by atoms with van der Waals surface area (Å²) in [6.45, 7) is 5.60. The second-order valence-corrected chi connectivity index (χ2v) is 9.53. The van der Waals surface area contributed by atoms with Crippen molar-refractivity contribution in [2.45, 2.75) is 57.0 Å². The molecule has 4 rings (SSSR count). The van der Waals surface area contributed by atoms with E-state index in [9.17, 15) is 8.78 Å². The Morgan fingerprint density at radius 2 is 1.79 bits per heavy atom. The quantitative estimate of drug-likeness (QED) is 0.606. The minimum absolute atomic E-state index is 0.0899. The van der Waals surface area contributed by atoms with Gasteiger partial charge in [-0.2, -0.15) is 0 Å². The van der Waals surface area contributed by atoms with Gasteiger partial charge in [-0.25, -0.2) is 8.78 Å². The van der Waals surface area contributed by atoms with Gasteiger partial charge in [0, 0.05) is 42.8 Å². The predicted molar refractivity (Wildman–Crippen MR) is 130 cm³/mol. The van der Waals surface area contributed by atoms with Crippen LogP contribution in [0.2, 0.25) is 0 Å². The summed E-state index contributed by atoms with van der Waals surface area (Å²) in [5.41, 5.74) is 2.91. The van der Waals surface area contributed by atoms with Crippen LogP contribution >= 0.6 is 0 Å². The number of fused-ring (bicyclic) bond motifs is 2. The maximum absolute atomic E-state index is 15.0. The molecule has 0 amide bonds. The van der Waals surface area contributed by atoms with Crippen molar-refractivity contribution in [1.29, 1.82) is 0 Å². The number of likely N-dealkylation sites (N-methyl/N-ethyl adjacent to an activating group) is 1.